The predicted octanol–water partition coefficient (Wildman–Crippen LogP) is 4.83. The van der Waals surface area contributed by atoms with Gasteiger partial charge in [0.15, 0.2) is 5.13 Å². The van der Waals surface area contributed by atoms with Gasteiger partial charge in [-0.1, -0.05) is 19.1 Å². The Morgan fingerprint density at radius 3 is 2.67 bits per heavy atom. The van der Waals surface area contributed by atoms with E-state index in [-0.39, 0.29) is 5.91 Å². The van der Waals surface area contributed by atoms with Gasteiger partial charge >= 0.3 is 0 Å². The lowest BCUT2D eigenvalue weighted by Gasteiger charge is -2.07. The number of hydrogen-bond acceptors (Lipinski definition) is 4. The fraction of sp³-hybridized carbons (Fsp3) is 0.333. The van der Waals surface area contributed by atoms with Crippen LogP contribution in [0.15, 0.2) is 35.7 Å². The Balaban J connectivity index is 1.68. The first-order chi connectivity index (χ1) is 13.0. The quantitative estimate of drug-likeness (QED) is 0.636. The number of thiazole rings is 1. The molecule has 142 valence electrons. The van der Waals surface area contributed by atoms with Crippen molar-refractivity contribution in [1.29, 1.82) is 0 Å². The Morgan fingerprint density at radius 2 is 2.00 bits per heavy atom. The molecule has 2 heterocycles. The van der Waals surface area contributed by atoms with E-state index in [2.05, 4.69) is 41.7 Å². The first-order valence-corrected chi connectivity index (χ1v) is 9.95. The second kappa shape index (κ2) is 8.39. The van der Waals surface area contributed by atoms with Crippen LogP contribution in [-0.2, 0) is 17.8 Å². The van der Waals surface area contributed by atoms with Crippen molar-refractivity contribution in [2.24, 2.45) is 0 Å². The Hall–Kier alpha value is -2.60. The third kappa shape index (κ3) is 4.39. The van der Waals surface area contributed by atoms with Crippen LogP contribution in [0.4, 0.5) is 5.13 Å². The van der Waals surface area contributed by atoms with Gasteiger partial charge in [-0.15, -0.1) is 11.3 Å². The fourth-order valence-corrected chi connectivity index (χ4v) is 3.90. The summed E-state index contributed by atoms with van der Waals surface area (Å²) in [6.45, 7) is 7.43. The van der Waals surface area contributed by atoms with Gasteiger partial charge in [0.2, 0.25) is 5.91 Å². The lowest BCUT2D eigenvalue weighted by molar-refractivity contribution is -0.115. The van der Waals surface area contributed by atoms with E-state index in [0.717, 1.165) is 35.5 Å². The molecule has 0 aliphatic heterocycles. The Morgan fingerprint density at radius 1 is 1.26 bits per heavy atom. The molecule has 0 radical (unpaired) electrons. The van der Waals surface area contributed by atoms with Crippen LogP contribution in [0, 0.1) is 13.8 Å². The molecule has 6 heteroatoms. The third-order valence-electron chi connectivity index (χ3n) is 4.57. The zero-order chi connectivity index (χ0) is 19.4. The van der Waals surface area contributed by atoms with Crippen LogP contribution in [0.1, 0.15) is 30.3 Å². The number of carbonyl (C=O) groups is 1. The molecule has 0 aliphatic carbocycles. The van der Waals surface area contributed by atoms with Crippen molar-refractivity contribution in [3.05, 3.63) is 52.7 Å². The van der Waals surface area contributed by atoms with Crippen molar-refractivity contribution in [3.8, 4) is 17.0 Å². The topological polar surface area (TPSA) is 56.2 Å². The molecule has 0 atom stereocenters. The van der Waals surface area contributed by atoms with Crippen LogP contribution in [0.2, 0.25) is 0 Å². The van der Waals surface area contributed by atoms with E-state index >= 15 is 0 Å². The van der Waals surface area contributed by atoms with Crippen molar-refractivity contribution in [2.45, 2.75) is 40.2 Å². The molecule has 1 N–H and O–H groups in total. The summed E-state index contributed by atoms with van der Waals surface area (Å²) in [7, 11) is 1.63. The van der Waals surface area contributed by atoms with Gasteiger partial charge in [-0.25, -0.2) is 4.98 Å². The van der Waals surface area contributed by atoms with Crippen LogP contribution < -0.4 is 10.1 Å². The minimum Gasteiger partial charge on any atom is -0.497 e. The highest BCUT2D eigenvalue weighted by Gasteiger charge is 2.14. The fourth-order valence-electron chi connectivity index (χ4n) is 3.18. The predicted molar refractivity (Wildman–Crippen MR) is 111 cm³/mol. The van der Waals surface area contributed by atoms with E-state index in [4.69, 9.17) is 4.74 Å². The molecule has 1 aromatic carbocycles. The van der Waals surface area contributed by atoms with E-state index in [1.54, 1.807) is 7.11 Å². The number of carbonyl (C=O) groups excluding carboxylic acids is 1. The van der Waals surface area contributed by atoms with Gasteiger partial charge in [-0.05, 0) is 44.0 Å². The number of aryl methyl sites for hydroxylation is 1. The molecular weight excluding hydrogens is 358 g/mol. The summed E-state index contributed by atoms with van der Waals surface area (Å²) in [5.74, 6) is 0.710. The number of ether oxygens (including phenoxy) is 1. The van der Waals surface area contributed by atoms with Crippen molar-refractivity contribution < 1.29 is 9.53 Å². The molecule has 3 aromatic rings. The molecule has 0 unspecified atom stereocenters. The molecule has 0 fully saturated rings. The number of benzene rings is 1. The zero-order valence-electron chi connectivity index (χ0n) is 16.2. The van der Waals surface area contributed by atoms with Gasteiger partial charge in [0.1, 0.15) is 5.75 Å². The molecule has 0 saturated carbocycles. The number of rotatable bonds is 7. The molecular formula is C21H25N3O2S. The number of methoxy groups -OCH3 is 1. The number of nitrogens with one attached hydrogen (secondary N) is 1. The molecule has 0 saturated heterocycles. The summed E-state index contributed by atoms with van der Waals surface area (Å²) in [5.41, 5.74) is 5.44. The van der Waals surface area contributed by atoms with Crippen LogP contribution >= 0.6 is 11.3 Å². The molecule has 0 aliphatic rings. The summed E-state index contributed by atoms with van der Waals surface area (Å²) in [6, 6.07) is 9.68. The van der Waals surface area contributed by atoms with E-state index in [1.165, 1.54) is 22.7 Å². The minimum atomic E-state index is -0.0717. The highest BCUT2D eigenvalue weighted by Crippen LogP contribution is 2.30. The smallest absolute Gasteiger partial charge is 0.230 e. The largest absolute Gasteiger partial charge is 0.497 e. The van der Waals surface area contributed by atoms with Crippen LogP contribution in [0.5, 0.6) is 5.75 Å². The van der Waals surface area contributed by atoms with Crippen LogP contribution in [-0.4, -0.2) is 22.6 Å². The minimum absolute atomic E-state index is 0.0717. The maximum Gasteiger partial charge on any atom is 0.230 e. The van der Waals surface area contributed by atoms with Crippen molar-refractivity contribution in [1.82, 2.24) is 9.55 Å². The lowest BCUT2D eigenvalue weighted by Crippen LogP contribution is -2.14. The average molecular weight is 384 g/mol. The number of anilines is 1. The SMILES string of the molecule is CCCn1c(C)cc(-c2csc(NC(=O)Cc3ccc(OC)cc3)n2)c1C. The first kappa shape index (κ1) is 19.2. The number of amides is 1. The Bertz CT molecular complexity index is 926. The van der Waals surface area contributed by atoms with Gasteiger partial charge in [-0.3, -0.25) is 4.79 Å². The highest BCUT2D eigenvalue weighted by molar-refractivity contribution is 7.14. The highest BCUT2D eigenvalue weighted by atomic mass is 32.1. The summed E-state index contributed by atoms with van der Waals surface area (Å²) >= 11 is 1.45. The first-order valence-electron chi connectivity index (χ1n) is 9.07. The number of hydrogen-bond donors (Lipinski definition) is 1. The molecule has 1 amide bonds. The normalized spacial score (nSPS) is 10.8. The molecule has 0 spiro atoms. The summed E-state index contributed by atoms with van der Waals surface area (Å²) in [5, 5.41) is 5.54. The Kier molecular flexibility index (Phi) is 5.96. The van der Waals surface area contributed by atoms with Crippen LogP contribution in [0.3, 0.4) is 0 Å². The second-order valence-corrected chi connectivity index (χ2v) is 7.41. The zero-order valence-corrected chi connectivity index (χ0v) is 17.0. The van der Waals surface area contributed by atoms with E-state index < -0.39 is 0 Å². The van der Waals surface area contributed by atoms with Crippen molar-refractivity contribution in [3.63, 3.8) is 0 Å². The van der Waals surface area contributed by atoms with Crippen molar-refractivity contribution >= 4 is 22.4 Å². The lowest BCUT2D eigenvalue weighted by atomic mass is 10.1. The standard InChI is InChI=1S/C21H25N3O2S/c1-5-10-24-14(2)11-18(15(24)3)19-13-27-21(22-19)23-20(25)12-16-6-8-17(26-4)9-7-16/h6-9,11,13H,5,10,12H2,1-4H3,(H,22,23,25). The van der Waals surface area contributed by atoms with Gasteiger partial charge in [0, 0.05) is 28.9 Å². The van der Waals surface area contributed by atoms with Gasteiger partial charge < -0.3 is 14.6 Å². The molecule has 5 nitrogen and oxygen atoms in total. The average Bonchev–Trinajstić information content (AvgIpc) is 3.22. The number of aromatic nitrogens is 2. The summed E-state index contributed by atoms with van der Waals surface area (Å²) in [6.07, 6.45) is 1.41. The summed E-state index contributed by atoms with van der Waals surface area (Å²) in [4.78, 5) is 16.9. The summed E-state index contributed by atoms with van der Waals surface area (Å²) < 4.78 is 7.46. The molecule has 0 bridgehead atoms. The maximum absolute atomic E-state index is 12.3. The molecule has 3 rings (SSSR count). The van der Waals surface area contributed by atoms with Gasteiger partial charge in [0.25, 0.3) is 0 Å². The van der Waals surface area contributed by atoms with Crippen LogP contribution in [0.25, 0.3) is 11.3 Å². The van der Waals surface area contributed by atoms with Gasteiger partial charge in [0.05, 0.1) is 19.2 Å². The molecule has 27 heavy (non-hydrogen) atoms. The second-order valence-electron chi connectivity index (χ2n) is 6.55. The third-order valence-corrected chi connectivity index (χ3v) is 5.33. The monoisotopic (exact) mass is 383 g/mol. The van der Waals surface area contributed by atoms with E-state index in [0.29, 0.717) is 11.6 Å². The molecule has 2 aromatic heterocycles. The number of nitrogens with zero attached hydrogens (tertiary/aromatic N) is 2. The van der Waals surface area contributed by atoms with E-state index in [9.17, 15) is 4.79 Å². The maximum atomic E-state index is 12.3. The van der Waals surface area contributed by atoms with E-state index in [1.807, 2.05) is 29.6 Å². The Labute approximate surface area is 164 Å². The van der Waals surface area contributed by atoms with Gasteiger partial charge in [-0.2, -0.15) is 0 Å². The van der Waals surface area contributed by atoms with Crippen molar-refractivity contribution in [2.75, 3.05) is 12.4 Å².